The van der Waals surface area contributed by atoms with Crippen LogP contribution in [0.15, 0.2) is 0 Å². The minimum Gasteiger partial charge on any atom is -0.481 e. The van der Waals surface area contributed by atoms with Gasteiger partial charge in [-0.25, -0.2) is 0 Å². The van der Waals surface area contributed by atoms with Gasteiger partial charge in [-0.2, -0.15) is 0 Å². The monoisotopic (exact) mass is 228 g/mol. The number of amides is 1. The summed E-state index contributed by atoms with van der Waals surface area (Å²) in [5.74, 6) is -0.260. The van der Waals surface area contributed by atoms with E-state index in [1.54, 1.807) is 11.9 Å². The normalized spacial score (nSPS) is 24.4. The number of aliphatic carboxylic acids is 1. The lowest BCUT2D eigenvalue weighted by molar-refractivity contribution is -0.138. The number of rotatable bonds is 5. The van der Waals surface area contributed by atoms with E-state index >= 15 is 0 Å². The Morgan fingerprint density at radius 1 is 1.44 bits per heavy atom. The minimum absolute atomic E-state index is 0.0508. The molecule has 1 saturated heterocycles. The lowest BCUT2D eigenvalue weighted by Gasteiger charge is -2.22. The van der Waals surface area contributed by atoms with E-state index in [-0.39, 0.29) is 18.2 Å². The second-order valence-corrected chi connectivity index (χ2v) is 4.50. The lowest BCUT2D eigenvalue weighted by Crippen LogP contribution is -2.36. The van der Waals surface area contributed by atoms with Crippen LogP contribution in [0.2, 0.25) is 0 Å². The third-order valence-corrected chi connectivity index (χ3v) is 3.10. The summed E-state index contributed by atoms with van der Waals surface area (Å²) in [7, 11) is 1.75. The number of carbonyl (C=O) groups is 2. The highest BCUT2D eigenvalue weighted by Gasteiger charge is 2.31. The maximum Gasteiger partial charge on any atom is 0.303 e. The van der Waals surface area contributed by atoms with Crippen molar-refractivity contribution in [3.63, 3.8) is 0 Å². The summed E-state index contributed by atoms with van der Waals surface area (Å²) >= 11 is 0. The Hall–Kier alpha value is -1.10. The standard InChI is InChI=1S/C11H20N2O3/c1-8-6-12-7-9(8)11(16)13(2)5-3-4-10(14)15/h8-9,12H,3-7H2,1-2H3,(H,14,15)/t8-,9-/m1/s1. The highest BCUT2D eigenvalue weighted by molar-refractivity contribution is 5.79. The number of hydrogen-bond donors (Lipinski definition) is 2. The highest BCUT2D eigenvalue weighted by atomic mass is 16.4. The first-order valence-corrected chi connectivity index (χ1v) is 5.70. The van der Waals surface area contributed by atoms with E-state index in [1.165, 1.54) is 0 Å². The van der Waals surface area contributed by atoms with Crippen molar-refractivity contribution in [3.05, 3.63) is 0 Å². The van der Waals surface area contributed by atoms with Gasteiger partial charge in [0.05, 0.1) is 5.92 Å². The van der Waals surface area contributed by atoms with E-state index in [1.807, 2.05) is 0 Å². The molecule has 0 bridgehead atoms. The average molecular weight is 228 g/mol. The van der Waals surface area contributed by atoms with E-state index in [0.29, 0.717) is 18.9 Å². The van der Waals surface area contributed by atoms with Crippen LogP contribution in [0.25, 0.3) is 0 Å². The van der Waals surface area contributed by atoms with E-state index in [4.69, 9.17) is 5.11 Å². The molecule has 16 heavy (non-hydrogen) atoms. The zero-order valence-corrected chi connectivity index (χ0v) is 9.90. The summed E-state index contributed by atoms with van der Waals surface area (Å²) in [4.78, 5) is 24.0. The van der Waals surface area contributed by atoms with Crippen LogP contribution in [0.3, 0.4) is 0 Å². The van der Waals surface area contributed by atoms with Crippen molar-refractivity contribution in [1.82, 2.24) is 10.2 Å². The third-order valence-electron chi connectivity index (χ3n) is 3.10. The Morgan fingerprint density at radius 2 is 2.12 bits per heavy atom. The topological polar surface area (TPSA) is 69.6 Å². The molecule has 0 aromatic rings. The Kier molecular flexibility index (Phi) is 4.73. The van der Waals surface area contributed by atoms with Crippen molar-refractivity contribution >= 4 is 11.9 Å². The zero-order chi connectivity index (χ0) is 12.1. The molecule has 1 aliphatic heterocycles. The molecule has 0 radical (unpaired) electrons. The van der Waals surface area contributed by atoms with Gasteiger partial charge in [0.1, 0.15) is 0 Å². The summed E-state index contributed by atoms with van der Waals surface area (Å²) in [5, 5.41) is 11.7. The molecule has 1 aliphatic rings. The van der Waals surface area contributed by atoms with Crippen LogP contribution < -0.4 is 5.32 Å². The number of nitrogens with zero attached hydrogens (tertiary/aromatic N) is 1. The molecule has 0 aliphatic carbocycles. The molecule has 2 N–H and O–H groups in total. The van der Waals surface area contributed by atoms with Gasteiger partial charge in [-0.1, -0.05) is 6.92 Å². The predicted molar refractivity (Wildman–Crippen MR) is 60.0 cm³/mol. The van der Waals surface area contributed by atoms with Gasteiger partial charge < -0.3 is 15.3 Å². The van der Waals surface area contributed by atoms with Crippen molar-refractivity contribution in [3.8, 4) is 0 Å². The highest BCUT2D eigenvalue weighted by Crippen LogP contribution is 2.18. The maximum atomic E-state index is 12.0. The summed E-state index contributed by atoms with van der Waals surface area (Å²) in [5.41, 5.74) is 0. The van der Waals surface area contributed by atoms with Crippen molar-refractivity contribution in [2.24, 2.45) is 11.8 Å². The Bertz CT molecular complexity index is 268. The second kappa shape index (κ2) is 5.84. The van der Waals surface area contributed by atoms with Gasteiger partial charge in [0.25, 0.3) is 0 Å². The molecule has 0 aromatic carbocycles. The van der Waals surface area contributed by atoms with Crippen LogP contribution in [0.4, 0.5) is 0 Å². The van der Waals surface area contributed by atoms with Crippen LogP contribution in [0, 0.1) is 11.8 Å². The first-order chi connectivity index (χ1) is 7.52. The molecule has 5 nitrogen and oxygen atoms in total. The summed E-state index contributed by atoms with van der Waals surface area (Å²) in [6.07, 6.45) is 0.641. The van der Waals surface area contributed by atoms with Crippen LogP contribution in [0.1, 0.15) is 19.8 Å². The molecule has 0 aromatic heterocycles. The van der Waals surface area contributed by atoms with Gasteiger partial charge in [-0.3, -0.25) is 9.59 Å². The second-order valence-electron chi connectivity index (χ2n) is 4.50. The minimum atomic E-state index is -0.809. The lowest BCUT2D eigenvalue weighted by atomic mass is 9.97. The smallest absolute Gasteiger partial charge is 0.303 e. The summed E-state index contributed by atoms with van der Waals surface area (Å²) < 4.78 is 0. The van der Waals surface area contributed by atoms with Gasteiger partial charge >= 0.3 is 5.97 Å². The fraction of sp³-hybridized carbons (Fsp3) is 0.818. The quantitative estimate of drug-likeness (QED) is 0.703. The SMILES string of the molecule is C[C@@H]1CNC[C@H]1C(=O)N(C)CCCC(=O)O. The largest absolute Gasteiger partial charge is 0.481 e. The van der Waals surface area contributed by atoms with Crippen molar-refractivity contribution in [2.45, 2.75) is 19.8 Å². The zero-order valence-electron chi connectivity index (χ0n) is 9.90. The van der Waals surface area contributed by atoms with Crippen molar-refractivity contribution in [2.75, 3.05) is 26.7 Å². The number of hydrogen-bond acceptors (Lipinski definition) is 3. The van der Waals surface area contributed by atoms with Crippen LogP contribution >= 0.6 is 0 Å². The van der Waals surface area contributed by atoms with Gasteiger partial charge in [-0.05, 0) is 18.9 Å². The molecule has 5 heteroatoms. The third kappa shape index (κ3) is 3.48. The van der Waals surface area contributed by atoms with Gasteiger partial charge in [0.15, 0.2) is 0 Å². The molecule has 0 saturated carbocycles. The molecule has 1 fully saturated rings. The molecule has 0 unspecified atom stereocenters. The van der Waals surface area contributed by atoms with Crippen LogP contribution in [0.5, 0.6) is 0 Å². The van der Waals surface area contributed by atoms with E-state index in [2.05, 4.69) is 12.2 Å². The van der Waals surface area contributed by atoms with Gasteiger partial charge in [0, 0.05) is 26.6 Å². The number of carboxylic acids is 1. The summed E-state index contributed by atoms with van der Waals surface area (Å²) in [6.45, 7) is 4.21. The van der Waals surface area contributed by atoms with Crippen LogP contribution in [-0.2, 0) is 9.59 Å². The summed E-state index contributed by atoms with van der Waals surface area (Å²) in [6, 6.07) is 0. The number of carbonyl (C=O) groups excluding carboxylic acids is 1. The van der Waals surface area contributed by atoms with Gasteiger partial charge in [-0.15, -0.1) is 0 Å². The average Bonchev–Trinajstić information content (AvgIpc) is 2.62. The molecule has 0 spiro atoms. The fourth-order valence-electron chi connectivity index (χ4n) is 2.00. The van der Waals surface area contributed by atoms with Crippen molar-refractivity contribution < 1.29 is 14.7 Å². The Morgan fingerprint density at radius 3 is 2.62 bits per heavy atom. The molecule has 1 amide bonds. The van der Waals surface area contributed by atoms with E-state index in [9.17, 15) is 9.59 Å². The van der Waals surface area contributed by atoms with Gasteiger partial charge in [0.2, 0.25) is 5.91 Å². The number of nitrogens with one attached hydrogen (secondary N) is 1. The Labute approximate surface area is 95.8 Å². The molecule has 1 heterocycles. The van der Waals surface area contributed by atoms with Crippen molar-refractivity contribution in [1.29, 1.82) is 0 Å². The van der Waals surface area contributed by atoms with E-state index in [0.717, 1.165) is 13.1 Å². The Balaban J connectivity index is 2.32. The first kappa shape index (κ1) is 13.0. The van der Waals surface area contributed by atoms with Crippen LogP contribution in [-0.4, -0.2) is 48.6 Å². The predicted octanol–water partition coefficient (Wildman–Crippen LogP) is 0.165. The number of carboxylic acid groups (broad SMARTS) is 1. The molecular formula is C11H20N2O3. The van der Waals surface area contributed by atoms with E-state index < -0.39 is 5.97 Å². The fourth-order valence-corrected chi connectivity index (χ4v) is 2.00. The molecule has 92 valence electrons. The molecule has 2 atom stereocenters. The molecule has 1 rings (SSSR count). The molecular weight excluding hydrogens is 208 g/mol. The first-order valence-electron chi connectivity index (χ1n) is 5.70. The maximum absolute atomic E-state index is 12.0.